The van der Waals surface area contributed by atoms with Gasteiger partial charge in [0.1, 0.15) is 18.2 Å². The number of ether oxygens (including phenoxy) is 1. The topological polar surface area (TPSA) is 32.8 Å². The number of para-hydroxylation sites is 1. The second-order valence-electron chi connectivity index (χ2n) is 7.12. The summed E-state index contributed by atoms with van der Waals surface area (Å²) < 4.78 is 19.8. The van der Waals surface area contributed by atoms with Crippen LogP contribution in [-0.2, 0) is 11.2 Å². The minimum absolute atomic E-state index is 0.00181. The van der Waals surface area contributed by atoms with E-state index in [1.165, 1.54) is 6.07 Å². The molecule has 0 aromatic heterocycles. The molecule has 28 heavy (non-hydrogen) atoms. The molecular formula is C22H26ClFN2O2. The molecule has 2 aromatic carbocycles. The van der Waals surface area contributed by atoms with Gasteiger partial charge >= 0.3 is 0 Å². The molecule has 0 N–H and O–H groups in total. The summed E-state index contributed by atoms with van der Waals surface area (Å²) in [6, 6.07) is 14.5. The second kappa shape index (κ2) is 9.89. The lowest BCUT2D eigenvalue weighted by molar-refractivity contribution is -0.130. The Hall–Kier alpha value is -2.11. The predicted octanol–water partition coefficient (Wildman–Crippen LogP) is 4.02. The third-order valence-electron chi connectivity index (χ3n) is 5.13. The van der Waals surface area contributed by atoms with Crippen molar-refractivity contribution in [1.29, 1.82) is 0 Å². The number of benzene rings is 2. The maximum atomic E-state index is 14.0. The van der Waals surface area contributed by atoms with Gasteiger partial charge in [0.25, 0.3) is 0 Å². The Labute approximate surface area is 170 Å². The Kier molecular flexibility index (Phi) is 7.29. The summed E-state index contributed by atoms with van der Waals surface area (Å²) in [6.07, 6.45) is 0.880. The number of carbonyl (C=O) groups is 1. The molecule has 2 aromatic rings. The standard InChI is InChI=1S/C22H26ClFN2O2/c1-17(16-28-18-7-3-2-4-8-18)25-11-6-12-26(14-13-25)22(27)15-19-20(23)9-5-10-21(19)24/h2-5,7-10,17H,6,11-16H2,1H3. The van der Waals surface area contributed by atoms with Crippen molar-refractivity contribution < 1.29 is 13.9 Å². The van der Waals surface area contributed by atoms with Crippen LogP contribution < -0.4 is 4.74 Å². The Morgan fingerprint density at radius 3 is 2.64 bits per heavy atom. The van der Waals surface area contributed by atoms with E-state index in [9.17, 15) is 9.18 Å². The average Bonchev–Trinajstić information content (AvgIpc) is 2.96. The van der Waals surface area contributed by atoms with Crippen molar-refractivity contribution in [2.75, 3.05) is 32.8 Å². The monoisotopic (exact) mass is 404 g/mol. The molecule has 3 rings (SSSR count). The van der Waals surface area contributed by atoms with E-state index >= 15 is 0 Å². The molecule has 6 heteroatoms. The number of hydrogen-bond donors (Lipinski definition) is 0. The molecule has 0 bridgehead atoms. The molecule has 4 nitrogen and oxygen atoms in total. The van der Waals surface area contributed by atoms with Gasteiger partial charge in [-0.3, -0.25) is 9.69 Å². The average molecular weight is 405 g/mol. The first-order valence-corrected chi connectivity index (χ1v) is 10.0. The van der Waals surface area contributed by atoms with Gasteiger partial charge in [-0.05, 0) is 37.6 Å². The summed E-state index contributed by atoms with van der Waals surface area (Å²) in [6.45, 7) is 5.72. The minimum atomic E-state index is -0.427. The summed E-state index contributed by atoms with van der Waals surface area (Å²) >= 11 is 6.06. The molecule has 0 saturated carbocycles. The van der Waals surface area contributed by atoms with Crippen molar-refractivity contribution in [1.82, 2.24) is 9.80 Å². The minimum Gasteiger partial charge on any atom is -0.492 e. The van der Waals surface area contributed by atoms with E-state index in [0.717, 1.165) is 25.3 Å². The molecule has 1 fully saturated rings. The zero-order valence-corrected chi connectivity index (χ0v) is 16.9. The van der Waals surface area contributed by atoms with Crippen LogP contribution >= 0.6 is 11.6 Å². The first kappa shape index (κ1) is 20.6. The summed E-state index contributed by atoms with van der Waals surface area (Å²) in [5.74, 6) is 0.355. The number of hydrogen-bond acceptors (Lipinski definition) is 3. The van der Waals surface area contributed by atoms with Crippen LogP contribution in [0.15, 0.2) is 48.5 Å². The zero-order valence-electron chi connectivity index (χ0n) is 16.1. The fourth-order valence-corrected chi connectivity index (χ4v) is 3.66. The van der Waals surface area contributed by atoms with E-state index in [1.807, 2.05) is 35.2 Å². The third kappa shape index (κ3) is 5.46. The molecule has 1 unspecified atom stereocenters. The summed E-state index contributed by atoms with van der Waals surface area (Å²) in [4.78, 5) is 16.8. The Morgan fingerprint density at radius 1 is 1.11 bits per heavy atom. The molecule has 1 aliphatic rings. The van der Waals surface area contributed by atoms with Crippen LogP contribution in [0.5, 0.6) is 5.75 Å². The van der Waals surface area contributed by atoms with E-state index in [4.69, 9.17) is 16.3 Å². The SMILES string of the molecule is CC(COc1ccccc1)N1CCCN(C(=O)Cc2c(F)cccc2Cl)CC1. The van der Waals surface area contributed by atoms with E-state index < -0.39 is 5.82 Å². The normalized spacial score (nSPS) is 16.5. The van der Waals surface area contributed by atoms with Crippen molar-refractivity contribution in [3.63, 3.8) is 0 Å². The van der Waals surface area contributed by atoms with Crippen LogP contribution in [0.25, 0.3) is 0 Å². The lowest BCUT2D eigenvalue weighted by Crippen LogP contribution is -2.41. The smallest absolute Gasteiger partial charge is 0.227 e. The van der Waals surface area contributed by atoms with Gasteiger partial charge in [0, 0.05) is 42.8 Å². The van der Waals surface area contributed by atoms with Gasteiger partial charge in [0.15, 0.2) is 0 Å². The first-order chi connectivity index (χ1) is 13.5. The lowest BCUT2D eigenvalue weighted by atomic mass is 10.1. The molecular weight excluding hydrogens is 379 g/mol. The lowest BCUT2D eigenvalue weighted by Gasteiger charge is -2.27. The molecule has 1 aliphatic heterocycles. The van der Waals surface area contributed by atoms with Crippen molar-refractivity contribution in [2.24, 2.45) is 0 Å². The molecule has 150 valence electrons. The highest BCUT2D eigenvalue weighted by atomic mass is 35.5. The van der Waals surface area contributed by atoms with Gasteiger partial charge in [-0.25, -0.2) is 4.39 Å². The highest BCUT2D eigenvalue weighted by Crippen LogP contribution is 2.20. The van der Waals surface area contributed by atoms with Crippen LogP contribution in [0.1, 0.15) is 18.9 Å². The molecule has 1 saturated heterocycles. The molecule has 1 heterocycles. The van der Waals surface area contributed by atoms with Crippen LogP contribution in [0.3, 0.4) is 0 Å². The van der Waals surface area contributed by atoms with Crippen molar-refractivity contribution in [3.8, 4) is 5.75 Å². The number of carbonyl (C=O) groups excluding carboxylic acids is 1. The van der Waals surface area contributed by atoms with E-state index in [-0.39, 0.29) is 23.9 Å². The highest BCUT2D eigenvalue weighted by molar-refractivity contribution is 6.31. The maximum absolute atomic E-state index is 14.0. The number of halogens is 2. The molecule has 0 spiro atoms. The van der Waals surface area contributed by atoms with Gasteiger partial charge in [-0.2, -0.15) is 0 Å². The summed E-state index contributed by atoms with van der Waals surface area (Å²) in [5, 5.41) is 0.302. The van der Waals surface area contributed by atoms with Gasteiger partial charge in [-0.15, -0.1) is 0 Å². The van der Waals surface area contributed by atoms with Gasteiger partial charge < -0.3 is 9.64 Å². The van der Waals surface area contributed by atoms with Gasteiger partial charge in [0.05, 0.1) is 6.42 Å². The number of rotatable bonds is 6. The van der Waals surface area contributed by atoms with Crippen molar-refractivity contribution in [2.45, 2.75) is 25.8 Å². The summed E-state index contributed by atoms with van der Waals surface area (Å²) in [5.41, 5.74) is 0.278. The number of amides is 1. The maximum Gasteiger partial charge on any atom is 0.227 e. The van der Waals surface area contributed by atoms with E-state index in [1.54, 1.807) is 12.1 Å². The van der Waals surface area contributed by atoms with Crippen molar-refractivity contribution in [3.05, 3.63) is 64.9 Å². The van der Waals surface area contributed by atoms with Crippen LogP contribution in [0, 0.1) is 5.82 Å². The summed E-state index contributed by atoms with van der Waals surface area (Å²) in [7, 11) is 0. The third-order valence-corrected chi connectivity index (χ3v) is 5.48. The molecule has 0 radical (unpaired) electrons. The van der Waals surface area contributed by atoms with Gasteiger partial charge in [-0.1, -0.05) is 35.9 Å². The molecule has 1 amide bonds. The Balaban J connectivity index is 1.52. The first-order valence-electron chi connectivity index (χ1n) is 9.67. The van der Waals surface area contributed by atoms with Gasteiger partial charge in [0.2, 0.25) is 5.91 Å². The Morgan fingerprint density at radius 2 is 1.89 bits per heavy atom. The number of nitrogens with zero attached hydrogens (tertiary/aromatic N) is 2. The molecule has 0 aliphatic carbocycles. The second-order valence-corrected chi connectivity index (χ2v) is 7.53. The van der Waals surface area contributed by atoms with E-state index in [0.29, 0.717) is 24.7 Å². The quantitative estimate of drug-likeness (QED) is 0.728. The predicted molar refractivity (Wildman–Crippen MR) is 109 cm³/mol. The molecule has 1 atom stereocenters. The fraction of sp³-hybridized carbons (Fsp3) is 0.409. The fourth-order valence-electron chi connectivity index (χ4n) is 3.43. The highest BCUT2D eigenvalue weighted by Gasteiger charge is 2.23. The van der Waals surface area contributed by atoms with Crippen molar-refractivity contribution >= 4 is 17.5 Å². The van der Waals surface area contributed by atoms with Crippen LogP contribution in [0.4, 0.5) is 4.39 Å². The Bertz CT molecular complexity index is 767. The van der Waals surface area contributed by atoms with E-state index in [2.05, 4.69) is 11.8 Å². The largest absolute Gasteiger partial charge is 0.492 e. The van der Waals surface area contributed by atoms with Crippen LogP contribution in [0.2, 0.25) is 5.02 Å². The van der Waals surface area contributed by atoms with Crippen LogP contribution in [-0.4, -0.2) is 54.5 Å². The zero-order chi connectivity index (χ0) is 19.9.